The normalized spacial score (nSPS) is 9.75. The zero-order valence-corrected chi connectivity index (χ0v) is 10.6. The van der Waals surface area contributed by atoms with Crippen molar-refractivity contribution in [2.45, 2.75) is 9.92 Å². The van der Waals surface area contributed by atoms with E-state index >= 15 is 0 Å². The van der Waals surface area contributed by atoms with Gasteiger partial charge in [-0.1, -0.05) is 33.8 Å². The SMILES string of the molecule is N#Cc1cc(Br)ccc1Sc1ccccn1. The molecule has 2 aromatic rings. The number of rotatable bonds is 2. The van der Waals surface area contributed by atoms with E-state index in [9.17, 15) is 0 Å². The van der Waals surface area contributed by atoms with E-state index in [4.69, 9.17) is 5.26 Å². The van der Waals surface area contributed by atoms with Gasteiger partial charge >= 0.3 is 0 Å². The van der Waals surface area contributed by atoms with Crippen LogP contribution in [-0.2, 0) is 0 Å². The molecule has 0 aliphatic rings. The van der Waals surface area contributed by atoms with Gasteiger partial charge < -0.3 is 0 Å². The lowest BCUT2D eigenvalue weighted by atomic mass is 10.2. The summed E-state index contributed by atoms with van der Waals surface area (Å²) in [6.45, 7) is 0. The van der Waals surface area contributed by atoms with Gasteiger partial charge in [0.15, 0.2) is 0 Å². The third kappa shape index (κ3) is 2.63. The van der Waals surface area contributed by atoms with Gasteiger partial charge in [0.25, 0.3) is 0 Å². The van der Waals surface area contributed by atoms with E-state index in [1.165, 1.54) is 11.8 Å². The standard InChI is InChI=1S/C12H7BrN2S/c13-10-4-5-11(9(7-10)8-14)16-12-3-1-2-6-15-12/h1-7H. The fourth-order valence-corrected chi connectivity index (χ4v) is 2.40. The minimum atomic E-state index is 0.657. The van der Waals surface area contributed by atoms with Crippen LogP contribution in [0.2, 0.25) is 0 Å². The molecule has 1 heterocycles. The Morgan fingerprint density at radius 3 is 2.81 bits per heavy atom. The van der Waals surface area contributed by atoms with Crippen LogP contribution in [0.25, 0.3) is 0 Å². The summed E-state index contributed by atoms with van der Waals surface area (Å²) >= 11 is 4.84. The van der Waals surface area contributed by atoms with Crippen molar-refractivity contribution < 1.29 is 0 Å². The predicted octanol–water partition coefficient (Wildman–Crippen LogP) is 3.87. The van der Waals surface area contributed by atoms with Crippen LogP contribution >= 0.6 is 27.7 Å². The van der Waals surface area contributed by atoms with Crippen molar-refractivity contribution in [3.05, 3.63) is 52.6 Å². The molecule has 0 N–H and O–H groups in total. The minimum absolute atomic E-state index is 0.657. The van der Waals surface area contributed by atoms with Crippen molar-refractivity contribution in [3.63, 3.8) is 0 Å². The van der Waals surface area contributed by atoms with Crippen LogP contribution in [-0.4, -0.2) is 4.98 Å². The molecule has 0 radical (unpaired) electrons. The Balaban J connectivity index is 2.32. The van der Waals surface area contributed by atoms with Crippen molar-refractivity contribution in [1.82, 2.24) is 4.98 Å². The first-order chi connectivity index (χ1) is 7.79. The van der Waals surface area contributed by atoms with Crippen LogP contribution in [0.5, 0.6) is 0 Å². The van der Waals surface area contributed by atoms with E-state index in [0.29, 0.717) is 5.56 Å². The Kier molecular flexibility index (Phi) is 3.60. The van der Waals surface area contributed by atoms with Gasteiger partial charge in [-0.25, -0.2) is 4.98 Å². The highest BCUT2D eigenvalue weighted by Gasteiger charge is 2.05. The van der Waals surface area contributed by atoms with Crippen LogP contribution in [0.1, 0.15) is 5.56 Å². The van der Waals surface area contributed by atoms with E-state index in [0.717, 1.165) is 14.4 Å². The molecular formula is C12H7BrN2S. The minimum Gasteiger partial charge on any atom is -0.250 e. The summed E-state index contributed by atoms with van der Waals surface area (Å²) < 4.78 is 0.912. The highest BCUT2D eigenvalue weighted by molar-refractivity contribution is 9.10. The van der Waals surface area contributed by atoms with E-state index in [1.54, 1.807) is 6.20 Å². The first-order valence-electron chi connectivity index (χ1n) is 4.58. The highest BCUT2D eigenvalue weighted by atomic mass is 79.9. The maximum atomic E-state index is 9.02. The Hall–Kier alpha value is -1.31. The maximum absolute atomic E-state index is 9.02. The molecule has 0 saturated carbocycles. The van der Waals surface area contributed by atoms with Crippen LogP contribution in [0.4, 0.5) is 0 Å². The summed E-state index contributed by atoms with van der Waals surface area (Å²) in [6, 6.07) is 13.6. The van der Waals surface area contributed by atoms with Crippen molar-refractivity contribution in [2.24, 2.45) is 0 Å². The molecule has 0 bridgehead atoms. The number of aromatic nitrogens is 1. The Labute approximate surface area is 106 Å². The smallest absolute Gasteiger partial charge is 0.101 e. The molecule has 0 fully saturated rings. The molecular weight excluding hydrogens is 284 g/mol. The number of hydrogen-bond acceptors (Lipinski definition) is 3. The van der Waals surface area contributed by atoms with Crippen LogP contribution < -0.4 is 0 Å². The van der Waals surface area contributed by atoms with Crippen molar-refractivity contribution in [2.75, 3.05) is 0 Å². The summed E-state index contributed by atoms with van der Waals surface area (Å²) in [5, 5.41) is 9.91. The quantitative estimate of drug-likeness (QED) is 0.842. The van der Waals surface area contributed by atoms with E-state index in [-0.39, 0.29) is 0 Å². The van der Waals surface area contributed by atoms with Crippen molar-refractivity contribution >= 4 is 27.7 Å². The highest BCUT2D eigenvalue weighted by Crippen LogP contribution is 2.30. The third-order valence-corrected chi connectivity index (χ3v) is 3.43. The average Bonchev–Trinajstić information content (AvgIpc) is 2.33. The van der Waals surface area contributed by atoms with Crippen LogP contribution in [0.15, 0.2) is 57.0 Å². The molecule has 1 aromatic carbocycles. The lowest BCUT2D eigenvalue weighted by Crippen LogP contribution is -1.83. The van der Waals surface area contributed by atoms with E-state index in [1.807, 2.05) is 36.4 Å². The second-order valence-corrected chi connectivity index (χ2v) is 5.00. The molecule has 0 aliphatic carbocycles. The zero-order chi connectivity index (χ0) is 11.4. The van der Waals surface area contributed by atoms with Crippen molar-refractivity contribution in [3.8, 4) is 6.07 Å². The van der Waals surface area contributed by atoms with Gasteiger partial charge in [-0.3, -0.25) is 0 Å². The summed E-state index contributed by atoms with van der Waals surface area (Å²) in [6.07, 6.45) is 1.74. The molecule has 2 nitrogen and oxygen atoms in total. The number of nitriles is 1. The number of pyridine rings is 1. The Bertz CT molecular complexity index is 534. The molecule has 0 amide bonds. The Morgan fingerprint density at radius 2 is 2.12 bits per heavy atom. The summed E-state index contributed by atoms with van der Waals surface area (Å²) in [5.41, 5.74) is 0.657. The first kappa shape index (κ1) is 11.2. The summed E-state index contributed by atoms with van der Waals surface area (Å²) in [7, 11) is 0. The molecule has 78 valence electrons. The topological polar surface area (TPSA) is 36.7 Å². The number of hydrogen-bond donors (Lipinski definition) is 0. The second-order valence-electron chi connectivity index (χ2n) is 3.02. The van der Waals surface area contributed by atoms with Gasteiger partial charge in [0, 0.05) is 15.6 Å². The first-order valence-corrected chi connectivity index (χ1v) is 6.19. The Morgan fingerprint density at radius 1 is 1.25 bits per heavy atom. The van der Waals surface area contributed by atoms with Crippen LogP contribution in [0, 0.1) is 11.3 Å². The van der Waals surface area contributed by atoms with Gasteiger partial charge in [0.2, 0.25) is 0 Å². The zero-order valence-electron chi connectivity index (χ0n) is 8.22. The second kappa shape index (κ2) is 5.15. The van der Waals surface area contributed by atoms with Gasteiger partial charge in [-0.05, 0) is 30.3 Å². The molecule has 0 aliphatic heterocycles. The average molecular weight is 291 g/mol. The maximum Gasteiger partial charge on any atom is 0.101 e. The summed E-state index contributed by atoms with van der Waals surface area (Å²) in [5.74, 6) is 0. The summed E-state index contributed by atoms with van der Waals surface area (Å²) in [4.78, 5) is 5.13. The largest absolute Gasteiger partial charge is 0.250 e. The third-order valence-electron chi connectivity index (χ3n) is 1.91. The fraction of sp³-hybridized carbons (Fsp3) is 0. The fourth-order valence-electron chi connectivity index (χ4n) is 1.20. The molecule has 16 heavy (non-hydrogen) atoms. The molecule has 0 unspecified atom stereocenters. The monoisotopic (exact) mass is 290 g/mol. The lowest BCUT2D eigenvalue weighted by Gasteiger charge is -2.03. The van der Waals surface area contributed by atoms with Gasteiger partial charge in [0.1, 0.15) is 11.1 Å². The number of benzene rings is 1. The molecule has 0 saturated heterocycles. The molecule has 4 heteroatoms. The molecule has 0 atom stereocenters. The van der Waals surface area contributed by atoms with Gasteiger partial charge in [0.05, 0.1) is 5.56 Å². The molecule has 0 spiro atoms. The lowest BCUT2D eigenvalue weighted by molar-refractivity contribution is 1.13. The van der Waals surface area contributed by atoms with Crippen molar-refractivity contribution in [1.29, 1.82) is 5.26 Å². The van der Waals surface area contributed by atoms with Gasteiger partial charge in [-0.2, -0.15) is 5.26 Å². The van der Waals surface area contributed by atoms with Gasteiger partial charge in [-0.15, -0.1) is 0 Å². The molecule has 1 aromatic heterocycles. The van der Waals surface area contributed by atoms with E-state index in [2.05, 4.69) is 27.0 Å². The number of nitrogens with zero attached hydrogens (tertiary/aromatic N) is 2. The predicted molar refractivity (Wildman–Crippen MR) is 67.2 cm³/mol. The molecule has 2 rings (SSSR count). The number of halogens is 1. The van der Waals surface area contributed by atoms with E-state index < -0.39 is 0 Å². The van der Waals surface area contributed by atoms with Crippen LogP contribution in [0.3, 0.4) is 0 Å².